The summed E-state index contributed by atoms with van der Waals surface area (Å²) in [4.78, 5) is 26.9. The lowest BCUT2D eigenvalue weighted by Crippen LogP contribution is -2.37. The number of carbonyl (C=O) groups is 1. The Morgan fingerprint density at radius 3 is 2.56 bits per heavy atom. The molecule has 4 rings (SSSR count). The number of rotatable bonds is 5. The number of aromatic carboxylic acids is 1. The van der Waals surface area contributed by atoms with E-state index in [1.165, 1.54) is 12.1 Å². The molecule has 6 nitrogen and oxygen atoms in total. The Morgan fingerprint density at radius 2 is 1.91 bits per heavy atom. The molecule has 0 unspecified atom stereocenters. The van der Waals surface area contributed by atoms with Gasteiger partial charge in [-0.3, -0.25) is 4.79 Å². The van der Waals surface area contributed by atoms with Crippen molar-refractivity contribution >= 4 is 44.4 Å². The van der Waals surface area contributed by atoms with E-state index >= 15 is 0 Å². The highest BCUT2D eigenvalue weighted by Crippen LogP contribution is 2.35. The Kier molecular flexibility index (Phi) is 6.46. The van der Waals surface area contributed by atoms with Gasteiger partial charge in [-0.2, -0.15) is 0 Å². The third-order valence-corrected chi connectivity index (χ3v) is 7.18. The Labute approximate surface area is 205 Å². The lowest BCUT2D eigenvalue weighted by Gasteiger charge is -2.37. The molecule has 0 amide bonds. The van der Waals surface area contributed by atoms with Crippen molar-refractivity contribution in [1.82, 2.24) is 0 Å². The van der Waals surface area contributed by atoms with Crippen molar-refractivity contribution in [3.8, 4) is 0 Å². The Hall–Kier alpha value is -2.87. The van der Waals surface area contributed by atoms with Gasteiger partial charge in [0, 0.05) is 24.7 Å². The minimum atomic E-state index is -1.37. The van der Waals surface area contributed by atoms with E-state index in [4.69, 9.17) is 4.42 Å². The van der Waals surface area contributed by atoms with Crippen LogP contribution in [0.2, 0.25) is 0 Å². The predicted molar refractivity (Wildman–Crippen MR) is 136 cm³/mol. The van der Waals surface area contributed by atoms with E-state index in [1.54, 1.807) is 12.1 Å². The fourth-order valence-corrected chi connectivity index (χ4v) is 4.75. The largest absolute Gasteiger partial charge is 0.478 e. The summed E-state index contributed by atoms with van der Waals surface area (Å²) in [6, 6.07) is 7.77. The molecule has 1 aromatic heterocycles. The van der Waals surface area contributed by atoms with E-state index in [9.17, 15) is 19.1 Å². The predicted octanol–water partition coefficient (Wildman–Crippen LogP) is 6.50. The third kappa shape index (κ3) is 4.69. The zero-order valence-corrected chi connectivity index (χ0v) is 21.3. The first kappa shape index (κ1) is 24.3. The summed E-state index contributed by atoms with van der Waals surface area (Å²) in [5, 5.41) is 13.1. The fourth-order valence-electron chi connectivity index (χ4n) is 4.42. The van der Waals surface area contributed by atoms with Gasteiger partial charge in [0.1, 0.15) is 11.1 Å². The molecule has 2 N–H and O–H groups in total. The van der Waals surface area contributed by atoms with E-state index in [0.717, 1.165) is 31.5 Å². The van der Waals surface area contributed by atoms with E-state index < -0.39 is 23.4 Å². The van der Waals surface area contributed by atoms with Crippen LogP contribution >= 0.6 is 15.9 Å². The normalized spacial score (nSPS) is 16.5. The van der Waals surface area contributed by atoms with Crippen LogP contribution < -0.4 is 15.6 Å². The van der Waals surface area contributed by atoms with Crippen LogP contribution in [0.25, 0.3) is 11.0 Å². The molecule has 0 spiro atoms. The van der Waals surface area contributed by atoms with E-state index in [-0.39, 0.29) is 21.0 Å². The second-order valence-electron chi connectivity index (χ2n) is 9.79. The van der Waals surface area contributed by atoms with Gasteiger partial charge >= 0.3 is 5.97 Å². The zero-order valence-electron chi connectivity index (χ0n) is 19.7. The van der Waals surface area contributed by atoms with Gasteiger partial charge in [-0.05, 0) is 71.8 Å². The Morgan fingerprint density at radius 1 is 1.24 bits per heavy atom. The van der Waals surface area contributed by atoms with Gasteiger partial charge in [0.05, 0.1) is 21.6 Å². The molecule has 1 fully saturated rings. The molecule has 2 aromatic carbocycles. The van der Waals surface area contributed by atoms with Crippen LogP contribution in [0.1, 0.15) is 61.1 Å². The first-order chi connectivity index (χ1) is 16.0. The van der Waals surface area contributed by atoms with Crippen molar-refractivity contribution in [1.29, 1.82) is 0 Å². The first-order valence-corrected chi connectivity index (χ1v) is 12.1. The highest BCUT2D eigenvalue weighted by Gasteiger charge is 2.27. The van der Waals surface area contributed by atoms with Gasteiger partial charge < -0.3 is 19.7 Å². The highest BCUT2D eigenvalue weighted by atomic mass is 79.9. The van der Waals surface area contributed by atoms with E-state index in [1.807, 2.05) is 19.9 Å². The van der Waals surface area contributed by atoms with Crippen molar-refractivity contribution < 1.29 is 18.7 Å². The molecular formula is C26H28BrFN2O4. The number of hydrogen-bond acceptors (Lipinski definition) is 5. The van der Waals surface area contributed by atoms with Crippen LogP contribution in [-0.2, 0) is 0 Å². The van der Waals surface area contributed by atoms with Crippen LogP contribution in [0, 0.1) is 18.2 Å². The third-order valence-electron chi connectivity index (χ3n) is 6.56. The van der Waals surface area contributed by atoms with E-state index in [2.05, 4.69) is 40.0 Å². The van der Waals surface area contributed by atoms with E-state index in [0.29, 0.717) is 22.4 Å². The number of nitrogens with one attached hydrogen (secondary N) is 1. The molecule has 180 valence electrons. The number of fused-ring (bicyclic) bond motifs is 1. The van der Waals surface area contributed by atoms with Crippen molar-refractivity contribution in [3.05, 3.63) is 67.5 Å². The van der Waals surface area contributed by atoms with Crippen molar-refractivity contribution in [2.24, 2.45) is 5.41 Å². The van der Waals surface area contributed by atoms with Gasteiger partial charge in [0.15, 0.2) is 17.1 Å². The number of aryl methyl sites for hydroxylation is 1. The first-order valence-electron chi connectivity index (χ1n) is 11.3. The highest BCUT2D eigenvalue weighted by molar-refractivity contribution is 9.10. The molecule has 1 aliphatic rings. The number of anilines is 2. The number of halogens is 2. The van der Waals surface area contributed by atoms with Crippen molar-refractivity contribution in [2.45, 2.75) is 46.6 Å². The molecule has 0 saturated carbocycles. The average Bonchev–Trinajstić information content (AvgIpc) is 2.76. The number of carboxylic acid groups (broad SMARTS) is 1. The summed E-state index contributed by atoms with van der Waals surface area (Å²) in [7, 11) is 0. The zero-order chi connectivity index (χ0) is 24.8. The number of piperidine rings is 1. The molecule has 2 heterocycles. The molecule has 0 bridgehead atoms. The Balaban J connectivity index is 1.77. The monoisotopic (exact) mass is 530 g/mol. The minimum Gasteiger partial charge on any atom is -0.478 e. The van der Waals surface area contributed by atoms with Gasteiger partial charge in [-0.25, -0.2) is 9.18 Å². The van der Waals surface area contributed by atoms with Gasteiger partial charge in [-0.15, -0.1) is 0 Å². The van der Waals surface area contributed by atoms with Crippen LogP contribution in [0.3, 0.4) is 0 Å². The summed E-state index contributed by atoms with van der Waals surface area (Å²) in [5.74, 6) is -1.68. The summed E-state index contributed by atoms with van der Waals surface area (Å²) in [5.41, 5.74) is 1.85. The standard InChI is InChI=1S/C26H28BrFN2O4/c1-14-11-16(15(2)29-19-6-5-18(27)23(28)22(19)25(32)33)24-17(12-14)20(31)13-21(34-24)30-9-7-26(3,4)8-10-30/h5-6,11-13,15,29H,7-10H2,1-4H3,(H,32,33)/t15-/m1/s1. The quantitative estimate of drug-likeness (QED) is 0.391. The van der Waals surface area contributed by atoms with Gasteiger partial charge in [0.2, 0.25) is 0 Å². The summed E-state index contributed by atoms with van der Waals surface area (Å²) in [6.45, 7) is 9.80. The lowest BCUT2D eigenvalue weighted by atomic mass is 9.83. The number of nitrogens with zero attached hydrogens (tertiary/aromatic N) is 1. The van der Waals surface area contributed by atoms with Crippen molar-refractivity contribution in [3.63, 3.8) is 0 Å². The molecule has 34 heavy (non-hydrogen) atoms. The van der Waals surface area contributed by atoms with Gasteiger partial charge in [0.25, 0.3) is 0 Å². The fraction of sp³-hybridized carbons (Fsp3) is 0.385. The number of carboxylic acids is 1. The van der Waals surface area contributed by atoms with Crippen LogP contribution in [-0.4, -0.2) is 24.2 Å². The van der Waals surface area contributed by atoms with Crippen LogP contribution in [0.4, 0.5) is 16.0 Å². The van der Waals surface area contributed by atoms with Crippen LogP contribution in [0.15, 0.2) is 44.0 Å². The summed E-state index contributed by atoms with van der Waals surface area (Å²) in [6.07, 6.45) is 2.00. The second-order valence-corrected chi connectivity index (χ2v) is 10.6. The van der Waals surface area contributed by atoms with Gasteiger partial charge in [-0.1, -0.05) is 19.9 Å². The molecule has 8 heteroatoms. The minimum absolute atomic E-state index is 0.0736. The maximum Gasteiger partial charge on any atom is 0.340 e. The summed E-state index contributed by atoms with van der Waals surface area (Å²) >= 11 is 3.04. The maximum absolute atomic E-state index is 14.5. The molecule has 0 aliphatic carbocycles. The van der Waals surface area contributed by atoms with Crippen molar-refractivity contribution in [2.75, 3.05) is 23.3 Å². The molecule has 1 saturated heterocycles. The SMILES string of the molecule is Cc1cc([C@@H](C)Nc2ccc(Br)c(F)c2C(=O)O)c2oc(N3CCC(C)(C)CC3)cc(=O)c2c1. The molecule has 1 atom stereocenters. The van der Waals surface area contributed by atoms with Crippen LogP contribution in [0.5, 0.6) is 0 Å². The number of benzene rings is 2. The second kappa shape index (κ2) is 9.06. The smallest absolute Gasteiger partial charge is 0.340 e. The molecule has 0 radical (unpaired) electrons. The summed E-state index contributed by atoms with van der Waals surface area (Å²) < 4.78 is 20.9. The average molecular weight is 531 g/mol. The lowest BCUT2D eigenvalue weighted by molar-refractivity contribution is 0.0692. The Bertz CT molecular complexity index is 1320. The number of hydrogen-bond donors (Lipinski definition) is 2. The molecule has 3 aromatic rings. The molecule has 1 aliphatic heterocycles. The maximum atomic E-state index is 14.5. The topological polar surface area (TPSA) is 82.8 Å². The molecular weight excluding hydrogens is 503 g/mol.